The average Bonchev–Trinajstić information content (AvgIpc) is 2.79. The molecular formula is C29H45ClN4O3. The minimum atomic E-state index is -0.648. The molecule has 3 rings (SSSR count). The van der Waals surface area contributed by atoms with Crippen molar-refractivity contribution in [2.24, 2.45) is 5.41 Å². The average molecular weight is 533 g/mol. The van der Waals surface area contributed by atoms with E-state index >= 15 is 0 Å². The zero-order valence-electron chi connectivity index (χ0n) is 23.3. The summed E-state index contributed by atoms with van der Waals surface area (Å²) < 4.78 is 0. The lowest BCUT2D eigenvalue weighted by Gasteiger charge is -2.50. The molecule has 3 amide bonds. The highest BCUT2D eigenvalue weighted by Gasteiger charge is 2.42. The molecule has 1 aliphatic carbocycles. The van der Waals surface area contributed by atoms with Gasteiger partial charge in [-0.1, -0.05) is 63.8 Å². The summed E-state index contributed by atoms with van der Waals surface area (Å²) in [6.07, 6.45) is 6.87. The van der Waals surface area contributed by atoms with E-state index in [-0.39, 0.29) is 35.2 Å². The van der Waals surface area contributed by atoms with Crippen LogP contribution in [0.25, 0.3) is 0 Å². The molecule has 1 heterocycles. The number of carbonyl (C=O) groups is 3. The second-order valence-corrected chi connectivity index (χ2v) is 12.7. The zero-order chi connectivity index (χ0) is 27.2. The van der Waals surface area contributed by atoms with E-state index in [9.17, 15) is 14.4 Å². The fourth-order valence-corrected chi connectivity index (χ4v) is 5.42. The van der Waals surface area contributed by atoms with Crippen molar-refractivity contribution >= 4 is 29.3 Å². The monoisotopic (exact) mass is 532 g/mol. The molecule has 2 fully saturated rings. The van der Waals surface area contributed by atoms with Crippen molar-refractivity contribution in [3.05, 3.63) is 34.9 Å². The molecule has 1 saturated heterocycles. The summed E-state index contributed by atoms with van der Waals surface area (Å²) in [4.78, 5) is 45.5. The number of amides is 3. The van der Waals surface area contributed by atoms with Gasteiger partial charge in [-0.05, 0) is 50.0 Å². The summed E-state index contributed by atoms with van der Waals surface area (Å²) in [6.45, 7) is 7.96. The quantitative estimate of drug-likeness (QED) is 0.492. The van der Waals surface area contributed by atoms with E-state index in [1.165, 1.54) is 6.42 Å². The Hall–Kier alpha value is -2.12. The van der Waals surface area contributed by atoms with Crippen LogP contribution in [0, 0.1) is 5.41 Å². The fourth-order valence-electron chi connectivity index (χ4n) is 5.29. The van der Waals surface area contributed by atoms with Crippen LogP contribution in [-0.4, -0.2) is 84.3 Å². The lowest BCUT2D eigenvalue weighted by Crippen LogP contribution is -2.67. The number of benzene rings is 1. The minimum Gasteiger partial charge on any atom is -0.344 e. The molecule has 206 valence electrons. The van der Waals surface area contributed by atoms with Gasteiger partial charge in [0.2, 0.25) is 17.7 Å². The van der Waals surface area contributed by atoms with Crippen LogP contribution >= 0.6 is 11.6 Å². The van der Waals surface area contributed by atoms with Crippen LogP contribution in [0.3, 0.4) is 0 Å². The standard InChI is InChI=1S/C29H45ClN4O3/c1-29(2,3)18-27(36)34(23-9-7-6-8-10-23)24-19-33(20-24)28(37)25(31-26(35)15-16-32(4)5)17-21-11-13-22(30)14-12-21/h11-14,23-25H,6-10,15-20H2,1-5H3,(H,31,35). The number of hydrogen-bond acceptors (Lipinski definition) is 4. The smallest absolute Gasteiger partial charge is 0.245 e. The lowest BCUT2D eigenvalue weighted by atomic mass is 9.87. The molecule has 7 nitrogen and oxygen atoms in total. The third-order valence-electron chi connectivity index (χ3n) is 7.28. The second-order valence-electron chi connectivity index (χ2n) is 12.2. The van der Waals surface area contributed by atoms with Crippen LogP contribution in [-0.2, 0) is 20.8 Å². The van der Waals surface area contributed by atoms with E-state index in [2.05, 4.69) is 31.0 Å². The second kappa shape index (κ2) is 13.1. The zero-order valence-corrected chi connectivity index (χ0v) is 24.0. The van der Waals surface area contributed by atoms with Crippen molar-refractivity contribution in [2.75, 3.05) is 33.7 Å². The molecule has 0 bridgehead atoms. The van der Waals surface area contributed by atoms with Crippen LogP contribution in [0.15, 0.2) is 24.3 Å². The highest BCUT2D eigenvalue weighted by molar-refractivity contribution is 6.30. The summed E-state index contributed by atoms with van der Waals surface area (Å²) in [7, 11) is 3.84. The van der Waals surface area contributed by atoms with Crippen LogP contribution in [0.5, 0.6) is 0 Å². The van der Waals surface area contributed by atoms with E-state index in [1.807, 2.05) is 31.1 Å². The predicted octanol–water partition coefficient (Wildman–Crippen LogP) is 4.13. The summed E-state index contributed by atoms with van der Waals surface area (Å²) in [5.41, 5.74) is 0.862. The molecule has 2 aliphatic rings. The van der Waals surface area contributed by atoms with Crippen LogP contribution in [0.1, 0.15) is 71.3 Å². The van der Waals surface area contributed by atoms with Gasteiger partial charge in [-0.15, -0.1) is 0 Å². The molecule has 0 radical (unpaired) electrons. The van der Waals surface area contributed by atoms with E-state index in [0.717, 1.165) is 31.2 Å². The van der Waals surface area contributed by atoms with E-state index in [4.69, 9.17) is 11.6 Å². The predicted molar refractivity (Wildman–Crippen MR) is 148 cm³/mol. The van der Waals surface area contributed by atoms with Gasteiger partial charge in [0.1, 0.15) is 6.04 Å². The van der Waals surface area contributed by atoms with Gasteiger partial charge >= 0.3 is 0 Å². The van der Waals surface area contributed by atoms with Gasteiger partial charge in [-0.25, -0.2) is 0 Å². The number of carbonyl (C=O) groups excluding carboxylic acids is 3. The van der Waals surface area contributed by atoms with Crippen LogP contribution in [0.2, 0.25) is 5.02 Å². The van der Waals surface area contributed by atoms with Crippen molar-refractivity contribution in [1.82, 2.24) is 20.0 Å². The molecular weight excluding hydrogens is 488 g/mol. The Bertz CT molecular complexity index is 916. The molecule has 1 atom stereocenters. The molecule has 1 aliphatic heterocycles. The molecule has 1 N–H and O–H groups in total. The van der Waals surface area contributed by atoms with E-state index < -0.39 is 6.04 Å². The highest BCUT2D eigenvalue weighted by atomic mass is 35.5. The third-order valence-corrected chi connectivity index (χ3v) is 7.53. The molecule has 1 aromatic rings. The van der Waals surface area contributed by atoms with Gasteiger partial charge in [-0.2, -0.15) is 0 Å². The van der Waals surface area contributed by atoms with Crippen molar-refractivity contribution in [1.29, 1.82) is 0 Å². The molecule has 0 spiro atoms. The van der Waals surface area contributed by atoms with Crippen molar-refractivity contribution in [3.63, 3.8) is 0 Å². The minimum absolute atomic E-state index is 0.0440. The Morgan fingerprint density at radius 3 is 2.22 bits per heavy atom. The lowest BCUT2D eigenvalue weighted by molar-refractivity contribution is -0.153. The topological polar surface area (TPSA) is 73.0 Å². The van der Waals surface area contributed by atoms with Gasteiger partial charge in [0.05, 0.1) is 6.04 Å². The molecule has 0 aromatic heterocycles. The first-order valence-corrected chi connectivity index (χ1v) is 14.1. The Balaban J connectivity index is 1.69. The normalized spacial score (nSPS) is 17.9. The van der Waals surface area contributed by atoms with Crippen LogP contribution < -0.4 is 5.32 Å². The third kappa shape index (κ3) is 8.99. The van der Waals surface area contributed by atoms with Gasteiger partial charge in [-0.3, -0.25) is 14.4 Å². The number of nitrogens with one attached hydrogen (secondary N) is 1. The largest absolute Gasteiger partial charge is 0.344 e. The first-order chi connectivity index (χ1) is 17.4. The maximum absolute atomic E-state index is 13.6. The molecule has 37 heavy (non-hydrogen) atoms. The van der Waals surface area contributed by atoms with Gasteiger partial charge in [0.25, 0.3) is 0 Å². The highest BCUT2D eigenvalue weighted by Crippen LogP contribution is 2.31. The van der Waals surface area contributed by atoms with Crippen LogP contribution in [0.4, 0.5) is 0 Å². The Morgan fingerprint density at radius 2 is 1.65 bits per heavy atom. The number of halogens is 1. The SMILES string of the molecule is CN(C)CCC(=O)NC(Cc1ccc(Cl)cc1)C(=O)N1CC(N(C(=O)CC(C)(C)C)C2CCCCC2)C1. The van der Waals surface area contributed by atoms with Gasteiger partial charge in [0, 0.05) is 50.0 Å². The Kier molecular flexibility index (Phi) is 10.4. The van der Waals surface area contributed by atoms with Crippen molar-refractivity contribution in [3.8, 4) is 0 Å². The first-order valence-electron chi connectivity index (χ1n) is 13.7. The maximum Gasteiger partial charge on any atom is 0.245 e. The molecule has 1 unspecified atom stereocenters. The molecule has 1 saturated carbocycles. The van der Waals surface area contributed by atoms with Gasteiger partial charge < -0.3 is 20.0 Å². The molecule has 1 aromatic carbocycles. The summed E-state index contributed by atoms with van der Waals surface area (Å²) >= 11 is 6.04. The maximum atomic E-state index is 13.6. The Morgan fingerprint density at radius 1 is 1.03 bits per heavy atom. The number of likely N-dealkylation sites (tertiary alicyclic amines) is 1. The molecule has 8 heteroatoms. The van der Waals surface area contributed by atoms with Crippen molar-refractivity contribution in [2.45, 2.75) is 90.3 Å². The summed E-state index contributed by atoms with van der Waals surface area (Å²) in [5, 5.41) is 3.61. The number of nitrogens with zero attached hydrogens (tertiary/aromatic N) is 3. The summed E-state index contributed by atoms with van der Waals surface area (Å²) in [6, 6.07) is 7.05. The van der Waals surface area contributed by atoms with Gasteiger partial charge in [0.15, 0.2) is 0 Å². The van der Waals surface area contributed by atoms with E-state index in [0.29, 0.717) is 43.9 Å². The number of hydrogen-bond donors (Lipinski definition) is 1. The summed E-state index contributed by atoms with van der Waals surface area (Å²) in [5.74, 6) is -0.0234. The fraction of sp³-hybridized carbons (Fsp3) is 0.690. The van der Waals surface area contributed by atoms with Crippen molar-refractivity contribution < 1.29 is 14.4 Å². The van der Waals surface area contributed by atoms with E-state index in [1.54, 1.807) is 17.0 Å². The number of rotatable bonds is 10. The first kappa shape index (κ1) is 29.4. The Labute approximate surface area is 227 Å².